The van der Waals surface area contributed by atoms with Crippen LogP contribution in [-0.4, -0.2) is 74.0 Å². The third-order valence-corrected chi connectivity index (χ3v) is 6.40. The average Bonchev–Trinajstić information content (AvgIpc) is 3.03. The first kappa shape index (κ1) is 20.2. The van der Waals surface area contributed by atoms with Crippen molar-refractivity contribution in [3.63, 3.8) is 0 Å². The predicted octanol–water partition coefficient (Wildman–Crippen LogP) is 2.85. The van der Waals surface area contributed by atoms with E-state index >= 15 is 0 Å². The first-order valence-electron chi connectivity index (χ1n) is 10.3. The zero-order valence-electron chi connectivity index (χ0n) is 17.4. The van der Waals surface area contributed by atoms with Gasteiger partial charge in [-0.05, 0) is 75.5 Å². The number of likely N-dealkylation sites (tertiary alicyclic amines) is 2. The predicted molar refractivity (Wildman–Crippen MR) is 109 cm³/mol. The molecule has 2 fully saturated rings. The maximum absolute atomic E-state index is 13.3. The number of likely N-dealkylation sites (N-methyl/N-ethyl adjacent to an activating group) is 1. The van der Waals surface area contributed by atoms with Crippen molar-refractivity contribution in [3.8, 4) is 5.75 Å². The number of amides is 1. The van der Waals surface area contributed by atoms with E-state index in [1.54, 1.807) is 7.11 Å². The van der Waals surface area contributed by atoms with Crippen LogP contribution in [0.4, 0.5) is 0 Å². The lowest BCUT2D eigenvalue weighted by molar-refractivity contribution is -0.135. The number of hydrogen-bond acceptors (Lipinski definition) is 4. The molecule has 2 heterocycles. The Morgan fingerprint density at radius 2 is 1.93 bits per heavy atom. The van der Waals surface area contributed by atoms with E-state index in [4.69, 9.17) is 4.74 Å². The van der Waals surface area contributed by atoms with Gasteiger partial charge >= 0.3 is 0 Å². The summed E-state index contributed by atoms with van der Waals surface area (Å²) in [5, 5.41) is 0. The molecule has 5 nitrogen and oxygen atoms in total. The summed E-state index contributed by atoms with van der Waals surface area (Å²) in [6.07, 6.45) is 4.56. The van der Waals surface area contributed by atoms with E-state index in [2.05, 4.69) is 23.8 Å². The second kappa shape index (κ2) is 8.61. The Morgan fingerprint density at radius 1 is 1.26 bits per heavy atom. The van der Waals surface area contributed by atoms with Crippen molar-refractivity contribution in [2.24, 2.45) is 5.41 Å². The largest absolute Gasteiger partial charge is 0.497 e. The summed E-state index contributed by atoms with van der Waals surface area (Å²) in [4.78, 5) is 20.1. The number of rotatable bonds is 6. The molecule has 5 heteroatoms. The maximum Gasteiger partial charge on any atom is 0.239 e. The van der Waals surface area contributed by atoms with Gasteiger partial charge in [0.05, 0.1) is 13.2 Å². The van der Waals surface area contributed by atoms with Crippen molar-refractivity contribution in [3.05, 3.63) is 29.8 Å². The summed E-state index contributed by atoms with van der Waals surface area (Å²) in [7, 11) is 5.82. The van der Waals surface area contributed by atoms with Crippen LogP contribution in [-0.2, 0) is 11.3 Å². The van der Waals surface area contributed by atoms with E-state index in [1.165, 1.54) is 12.8 Å². The quantitative estimate of drug-likeness (QED) is 0.768. The minimum Gasteiger partial charge on any atom is -0.497 e. The molecule has 3 rings (SSSR count). The molecule has 0 N–H and O–H groups in total. The molecule has 0 aliphatic carbocycles. The molecule has 1 aromatic rings. The van der Waals surface area contributed by atoms with Crippen LogP contribution in [0.1, 0.15) is 38.2 Å². The third kappa shape index (κ3) is 4.64. The van der Waals surface area contributed by atoms with Crippen molar-refractivity contribution in [2.45, 2.75) is 45.2 Å². The van der Waals surface area contributed by atoms with Crippen LogP contribution in [0, 0.1) is 5.41 Å². The van der Waals surface area contributed by atoms with Crippen LogP contribution < -0.4 is 4.74 Å². The van der Waals surface area contributed by atoms with Crippen LogP contribution in [0.3, 0.4) is 0 Å². The second-order valence-electron chi connectivity index (χ2n) is 8.54. The molecule has 0 unspecified atom stereocenters. The van der Waals surface area contributed by atoms with Gasteiger partial charge in [-0.2, -0.15) is 0 Å². The summed E-state index contributed by atoms with van der Waals surface area (Å²) in [5.41, 5.74) is 1.48. The van der Waals surface area contributed by atoms with Crippen molar-refractivity contribution >= 4 is 5.91 Å². The molecule has 0 aromatic heterocycles. The second-order valence-corrected chi connectivity index (χ2v) is 8.54. The van der Waals surface area contributed by atoms with Crippen molar-refractivity contribution in [2.75, 3.05) is 47.4 Å². The van der Waals surface area contributed by atoms with Gasteiger partial charge in [-0.15, -0.1) is 0 Å². The molecule has 1 spiro atoms. The van der Waals surface area contributed by atoms with Gasteiger partial charge in [0.25, 0.3) is 0 Å². The summed E-state index contributed by atoms with van der Waals surface area (Å²) in [6, 6.07) is 8.04. The highest BCUT2D eigenvalue weighted by molar-refractivity contribution is 5.82. The topological polar surface area (TPSA) is 36.0 Å². The highest BCUT2D eigenvalue weighted by Gasteiger charge is 2.47. The molecule has 0 saturated carbocycles. The molecule has 0 bridgehead atoms. The molecule has 2 saturated heterocycles. The SMILES string of the molecule is CCCN1CC2(CCN(C)CC2)C[C@H]1C(=O)N(C)Cc1ccc(OC)cc1. The van der Waals surface area contributed by atoms with Gasteiger partial charge in [-0.1, -0.05) is 19.1 Å². The number of carbonyl (C=O) groups excluding carboxylic acids is 1. The summed E-state index contributed by atoms with van der Waals surface area (Å²) in [6.45, 7) is 7.27. The summed E-state index contributed by atoms with van der Waals surface area (Å²) >= 11 is 0. The number of hydrogen-bond donors (Lipinski definition) is 0. The Labute approximate surface area is 164 Å². The fourth-order valence-electron chi connectivity index (χ4n) is 4.70. The Morgan fingerprint density at radius 3 is 2.52 bits per heavy atom. The minimum atomic E-state index is 0.0385. The molecule has 2 aliphatic heterocycles. The van der Waals surface area contributed by atoms with E-state index in [1.807, 2.05) is 36.2 Å². The van der Waals surface area contributed by atoms with Crippen LogP contribution in [0.2, 0.25) is 0 Å². The lowest BCUT2D eigenvalue weighted by Gasteiger charge is -2.37. The monoisotopic (exact) mass is 373 g/mol. The molecular weight excluding hydrogens is 338 g/mol. The zero-order valence-corrected chi connectivity index (χ0v) is 17.4. The third-order valence-electron chi connectivity index (χ3n) is 6.40. The smallest absolute Gasteiger partial charge is 0.239 e. The highest BCUT2D eigenvalue weighted by Crippen LogP contribution is 2.43. The minimum absolute atomic E-state index is 0.0385. The molecular formula is C22H35N3O2. The number of carbonyl (C=O) groups is 1. The van der Waals surface area contributed by atoms with Gasteiger partial charge in [0.2, 0.25) is 5.91 Å². The number of methoxy groups -OCH3 is 1. The van der Waals surface area contributed by atoms with Gasteiger partial charge in [-0.3, -0.25) is 9.69 Å². The summed E-state index contributed by atoms with van der Waals surface area (Å²) < 4.78 is 5.22. The molecule has 27 heavy (non-hydrogen) atoms. The number of nitrogens with zero attached hydrogens (tertiary/aromatic N) is 3. The number of piperidine rings is 1. The Hall–Kier alpha value is -1.59. The highest BCUT2D eigenvalue weighted by atomic mass is 16.5. The van der Waals surface area contributed by atoms with E-state index in [0.29, 0.717) is 12.0 Å². The lowest BCUT2D eigenvalue weighted by Crippen LogP contribution is -2.44. The van der Waals surface area contributed by atoms with E-state index in [0.717, 1.165) is 50.3 Å². The molecule has 1 aromatic carbocycles. The van der Waals surface area contributed by atoms with Gasteiger partial charge in [0.1, 0.15) is 5.75 Å². The first-order valence-corrected chi connectivity index (χ1v) is 10.3. The van der Waals surface area contributed by atoms with Gasteiger partial charge in [0.15, 0.2) is 0 Å². The van der Waals surface area contributed by atoms with Crippen molar-refractivity contribution < 1.29 is 9.53 Å². The summed E-state index contributed by atoms with van der Waals surface area (Å²) in [5.74, 6) is 1.12. The molecule has 1 amide bonds. The van der Waals surface area contributed by atoms with Crippen molar-refractivity contribution in [1.29, 1.82) is 0 Å². The van der Waals surface area contributed by atoms with Crippen LogP contribution in [0.15, 0.2) is 24.3 Å². The Bertz CT molecular complexity index is 623. The van der Waals surface area contributed by atoms with E-state index in [9.17, 15) is 4.79 Å². The molecule has 0 radical (unpaired) electrons. The van der Waals surface area contributed by atoms with Gasteiger partial charge in [-0.25, -0.2) is 0 Å². The van der Waals surface area contributed by atoms with E-state index in [-0.39, 0.29) is 11.9 Å². The molecule has 150 valence electrons. The zero-order chi connectivity index (χ0) is 19.4. The first-order chi connectivity index (χ1) is 13.0. The Balaban J connectivity index is 1.67. The van der Waals surface area contributed by atoms with Gasteiger partial charge < -0.3 is 14.5 Å². The maximum atomic E-state index is 13.3. The van der Waals surface area contributed by atoms with Crippen LogP contribution >= 0.6 is 0 Å². The molecule has 2 aliphatic rings. The molecule has 1 atom stereocenters. The standard InChI is InChI=1S/C22H35N3O2/c1-5-12-25-17-22(10-13-23(2)14-11-22)15-20(25)21(26)24(3)16-18-6-8-19(27-4)9-7-18/h6-9,20H,5,10-17H2,1-4H3/t20-/m0/s1. The number of benzene rings is 1. The normalized spacial score (nSPS) is 22.9. The fraction of sp³-hybridized carbons (Fsp3) is 0.682. The van der Waals surface area contributed by atoms with Gasteiger partial charge in [0, 0.05) is 20.1 Å². The lowest BCUT2D eigenvalue weighted by atomic mass is 9.76. The average molecular weight is 374 g/mol. The van der Waals surface area contributed by atoms with Crippen LogP contribution in [0.25, 0.3) is 0 Å². The fourth-order valence-corrected chi connectivity index (χ4v) is 4.70. The number of ether oxygens (including phenoxy) is 1. The van der Waals surface area contributed by atoms with Crippen LogP contribution in [0.5, 0.6) is 5.75 Å². The van der Waals surface area contributed by atoms with E-state index < -0.39 is 0 Å². The Kier molecular flexibility index (Phi) is 6.43. The van der Waals surface area contributed by atoms with Crippen molar-refractivity contribution in [1.82, 2.24) is 14.7 Å².